The lowest BCUT2D eigenvalue weighted by Crippen LogP contribution is -2.34. The Labute approximate surface area is 107 Å². The van der Waals surface area contributed by atoms with Crippen LogP contribution in [0.3, 0.4) is 0 Å². The van der Waals surface area contributed by atoms with Crippen molar-refractivity contribution >= 4 is 0 Å². The molecule has 4 heteroatoms. The normalized spacial score (nSPS) is 18.8. The Morgan fingerprint density at radius 3 is 2.67 bits per heavy atom. The van der Waals surface area contributed by atoms with Crippen LogP contribution in [0.25, 0.3) is 0 Å². The van der Waals surface area contributed by atoms with E-state index in [4.69, 9.17) is 0 Å². The maximum Gasteiger partial charge on any atom is 0.159 e. The van der Waals surface area contributed by atoms with Crippen LogP contribution in [0.1, 0.15) is 31.4 Å². The molecule has 2 rings (SSSR count). The molecule has 1 aromatic rings. The van der Waals surface area contributed by atoms with Crippen molar-refractivity contribution in [3.63, 3.8) is 0 Å². The van der Waals surface area contributed by atoms with E-state index in [0.717, 1.165) is 25.2 Å². The number of piperidine rings is 1. The zero-order valence-corrected chi connectivity index (χ0v) is 10.7. The number of benzene rings is 1. The average molecular weight is 254 g/mol. The van der Waals surface area contributed by atoms with Gasteiger partial charge in [-0.3, -0.25) is 0 Å². The minimum atomic E-state index is -0.788. The summed E-state index contributed by atoms with van der Waals surface area (Å²) in [4.78, 5) is 0. The average Bonchev–Trinajstić information content (AvgIpc) is 2.40. The SMILES string of the molecule is CC(NCC1CCNCC1)c1ccc(F)c(F)c1. The van der Waals surface area contributed by atoms with Crippen molar-refractivity contribution in [1.82, 2.24) is 10.6 Å². The monoisotopic (exact) mass is 254 g/mol. The minimum absolute atomic E-state index is 0.0509. The predicted molar refractivity (Wildman–Crippen MR) is 68.4 cm³/mol. The zero-order valence-electron chi connectivity index (χ0n) is 10.7. The van der Waals surface area contributed by atoms with Gasteiger partial charge in [-0.05, 0) is 63.0 Å². The van der Waals surface area contributed by atoms with Gasteiger partial charge in [0.15, 0.2) is 11.6 Å². The lowest BCUT2D eigenvalue weighted by atomic mass is 9.97. The molecule has 100 valence electrons. The second-order valence-electron chi connectivity index (χ2n) is 5.00. The molecule has 0 bridgehead atoms. The molecule has 2 N–H and O–H groups in total. The molecular weight excluding hydrogens is 234 g/mol. The Morgan fingerprint density at radius 2 is 2.00 bits per heavy atom. The summed E-state index contributed by atoms with van der Waals surface area (Å²) >= 11 is 0. The maximum absolute atomic E-state index is 13.1. The van der Waals surface area contributed by atoms with Gasteiger partial charge >= 0.3 is 0 Å². The summed E-state index contributed by atoms with van der Waals surface area (Å²) in [5, 5.41) is 6.73. The van der Waals surface area contributed by atoms with Gasteiger partial charge in [0.05, 0.1) is 0 Å². The van der Waals surface area contributed by atoms with Gasteiger partial charge < -0.3 is 10.6 Å². The molecule has 0 radical (unpaired) electrons. The molecule has 0 aromatic heterocycles. The summed E-state index contributed by atoms with van der Waals surface area (Å²) in [6.07, 6.45) is 2.36. The molecule has 0 amide bonds. The number of hydrogen-bond acceptors (Lipinski definition) is 2. The van der Waals surface area contributed by atoms with Crippen LogP contribution in [0.5, 0.6) is 0 Å². The summed E-state index contributed by atoms with van der Waals surface area (Å²) in [5.74, 6) is -0.883. The lowest BCUT2D eigenvalue weighted by Gasteiger charge is -2.25. The summed E-state index contributed by atoms with van der Waals surface area (Å²) in [7, 11) is 0. The zero-order chi connectivity index (χ0) is 13.0. The molecule has 0 aliphatic carbocycles. The van der Waals surface area contributed by atoms with E-state index in [-0.39, 0.29) is 6.04 Å². The fourth-order valence-corrected chi connectivity index (χ4v) is 2.33. The van der Waals surface area contributed by atoms with Gasteiger partial charge in [-0.25, -0.2) is 8.78 Å². The fourth-order valence-electron chi connectivity index (χ4n) is 2.33. The lowest BCUT2D eigenvalue weighted by molar-refractivity contribution is 0.344. The maximum atomic E-state index is 13.1. The van der Waals surface area contributed by atoms with Crippen molar-refractivity contribution in [2.24, 2.45) is 5.92 Å². The minimum Gasteiger partial charge on any atom is -0.317 e. The Morgan fingerprint density at radius 1 is 1.28 bits per heavy atom. The molecule has 2 nitrogen and oxygen atoms in total. The van der Waals surface area contributed by atoms with Crippen molar-refractivity contribution in [1.29, 1.82) is 0 Å². The van der Waals surface area contributed by atoms with E-state index < -0.39 is 11.6 Å². The van der Waals surface area contributed by atoms with Crippen LogP contribution in [0.2, 0.25) is 0 Å². The van der Waals surface area contributed by atoms with Crippen LogP contribution < -0.4 is 10.6 Å². The molecule has 1 aliphatic heterocycles. The predicted octanol–water partition coefficient (Wildman–Crippen LogP) is 2.62. The third-order valence-electron chi connectivity index (χ3n) is 3.62. The Hall–Kier alpha value is -1.00. The van der Waals surface area contributed by atoms with Gasteiger partial charge in [0.1, 0.15) is 0 Å². The van der Waals surface area contributed by atoms with Crippen LogP contribution >= 0.6 is 0 Å². The number of rotatable bonds is 4. The molecule has 0 spiro atoms. The van der Waals surface area contributed by atoms with Crippen LogP contribution in [-0.4, -0.2) is 19.6 Å². The van der Waals surface area contributed by atoms with E-state index in [1.54, 1.807) is 6.07 Å². The first-order valence-electron chi connectivity index (χ1n) is 6.56. The van der Waals surface area contributed by atoms with E-state index in [1.807, 2.05) is 6.92 Å². The standard InChI is InChI=1S/C14H20F2N2/c1-10(12-2-3-13(15)14(16)8-12)18-9-11-4-6-17-7-5-11/h2-3,8,10-11,17-18H,4-7,9H2,1H3. The Kier molecular flexibility index (Phi) is 4.66. The van der Waals surface area contributed by atoms with Crippen molar-refractivity contribution in [3.05, 3.63) is 35.4 Å². The van der Waals surface area contributed by atoms with Crippen molar-refractivity contribution < 1.29 is 8.78 Å². The second-order valence-corrected chi connectivity index (χ2v) is 5.00. The van der Waals surface area contributed by atoms with Gasteiger partial charge in [0, 0.05) is 6.04 Å². The highest BCUT2D eigenvalue weighted by Gasteiger charge is 2.15. The summed E-state index contributed by atoms with van der Waals surface area (Å²) in [6, 6.07) is 4.15. The summed E-state index contributed by atoms with van der Waals surface area (Å²) in [5.41, 5.74) is 0.794. The Bertz CT molecular complexity index is 389. The molecule has 1 atom stereocenters. The van der Waals surface area contributed by atoms with Gasteiger partial charge in [0.25, 0.3) is 0 Å². The highest BCUT2D eigenvalue weighted by molar-refractivity contribution is 5.20. The van der Waals surface area contributed by atoms with E-state index >= 15 is 0 Å². The molecule has 1 heterocycles. The number of halogens is 2. The smallest absolute Gasteiger partial charge is 0.159 e. The highest BCUT2D eigenvalue weighted by atomic mass is 19.2. The van der Waals surface area contributed by atoms with E-state index in [2.05, 4.69) is 10.6 Å². The van der Waals surface area contributed by atoms with Crippen molar-refractivity contribution in [2.45, 2.75) is 25.8 Å². The number of hydrogen-bond donors (Lipinski definition) is 2. The van der Waals surface area contributed by atoms with Crippen molar-refractivity contribution in [2.75, 3.05) is 19.6 Å². The topological polar surface area (TPSA) is 24.1 Å². The quantitative estimate of drug-likeness (QED) is 0.863. The molecule has 1 saturated heterocycles. The van der Waals surface area contributed by atoms with Gasteiger partial charge in [-0.1, -0.05) is 6.07 Å². The van der Waals surface area contributed by atoms with Crippen LogP contribution in [0.4, 0.5) is 8.78 Å². The first-order valence-corrected chi connectivity index (χ1v) is 6.56. The number of nitrogens with one attached hydrogen (secondary N) is 2. The third-order valence-corrected chi connectivity index (χ3v) is 3.62. The molecule has 1 fully saturated rings. The third kappa shape index (κ3) is 3.50. The van der Waals surface area contributed by atoms with E-state index in [1.165, 1.54) is 25.0 Å². The summed E-state index contributed by atoms with van der Waals surface area (Å²) < 4.78 is 26.0. The van der Waals surface area contributed by atoms with Gasteiger partial charge in [-0.15, -0.1) is 0 Å². The van der Waals surface area contributed by atoms with Crippen molar-refractivity contribution in [3.8, 4) is 0 Å². The molecule has 1 aromatic carbocycles. The molecule has 18 heavy (non-hydrogen) atoms. The van der Waals surface area contributed by atoms with Crippen LogP contribution in [0.15, 0.2) is 18.2 Å². The van der Waals surface area contributed by atoms with E-state index in [0.29, 0.717) is 5.92 Å². The second kappa shape index (κ2) is 6.25. The summed E-state index contributed by atoms with van der Waals surface area (Å²) in [6.45, 7) is 5.06. The van der Waals surface area contributed by atoms with Gasteiger partial charge in [-0.2, -0.15) is 0 Å². The molecule has 0 saturated carbocycles. The molecule has 1 aliphatic rings. The molecule has 1 unspecified atom stereocenters. The largest absolute Gasteiger partial charge is 0.317 e. The first kappa shape index (κ1) is 13.4. The molecular formula is C14H20F2N2. The van der Waals surface area contributed by atoms with Crippen LogP contribution in [0, 0.1) is 17.6 Å². The fraction of sp³-hybridized carbons (Fsp3) is 0.571. The highest BCUT2D eigenvalue weighted by Crippen LogP contribution is 2.17. The first-order chi connectivity index (χ1) is 8.66. The van der Waals surface area contributed by atoms with Crippen LogP contribution in [-0.2, 0) is 0 Å². The van der Waals surface area contributed by atoms with Gasteiger partial charge in [0.2, 0.25) is 0 Å². The Balaban J connectivity index is 1.86. The van der Waals surface area contributed by atoms with E-state index in [9.17, 15) is 8.78 Å².